The largest absolute Gasteiger partial charge is 0.497 e. The molecule has 2 atom stereocenters. The van der Waals surface area contributed by atoms with Gasteiger partial charge >= 0.3 is 0 Å². The van der Waals surface area contributed by atoms with Crippen molar-refractivity contribution in [2.24, 2.45) is 0 Å². The van der Waals surface area contributed by atoms with Gasteiger partial charge in [0, 0.05) is 6.42 Å². The number of methoxy groups -OCH3 is 1. The van der Waals surface area contributed by atoms with E-state index in [0.29, 0.717) is 32.7 Å². The van der Waals surface area contributed by atoms with Gasteiger partial charge in [0.15, 0.2) is 0 Å². The first-order valence-corrected chi connectivity index (χ1v) is 9.45. The fraction of sp³-hybridized carbons (Fsp3) is 0.391. The molecule has 0 saturated heterocycles. The van der Waals surface area contributed by atoms with Crippen LogP contribution in [0.15, 0.2) is 66.2 Å². The SMILES string of the molecule is COc1ccc(CO[C@@H]2C/C(=C\COCc3ccccc3)C[C@@H](O)C2)cc1. The quantitative estimate of drug-likeness (QED) is 0.558. The van der Waals surface area contributed by atoms with Gasteiger partial charge in [-0.15, -0.1) is 0 Å². The standard InChI is InChI=1S/C23H28O4/c1-25-22-9-7-19(8-10-22)17-27-23-14-20(13-21(24)15-23)11-12-26-16-18-5-3-2-4-6-18/h2-11,21,23-24H,12-17H2,1H3/b20-11-/t21-,23-/m1/s1. The number of hydrogen-bond acceptors (Lipinski definition) is 4. The highest BCUT2D eigenvalue weighted by Crippen LogP contribution is 2.27. The van der Waals surface area contributed by atoms with Gasteiger partial charge in [0.05, 0.1) is 39.1 Å². The first-order valence-electron chi connectivity index (χ1n) is 9.45. The Kier molecular flexibility index (Phi) is 7.45. The second kappa shape index (κ2) is 10.3. The van der Waals surface area contributed by atoms with Crippen molar-refractivity contribution in [2.45, 2.75) is 44.7 Å². The van der Waals surface area contributed by atoms with E-state index in [-0.39, 0.29) is 12.2 Å². The van der Waals surface area contributed by atoms with Crippen LogP contribution in [0.1, 0.15) is 30.4 Å². The minimum atomic E-state index is -0.347. The molecule has 0 aromatic heterocycles. The molecule has 4 heteroatoms. The summed E-state index contributed by atoms with van der Waals surface area (Å²) in [6.45, 7) is 1.70. The third-order valence-corrected chi connectivity index (χ3v) is 4.77. The second-order valence-corrected chi connectivity index (χ2v) is 6.94. The first-order chi connectivity index (χ1) is 13.2. The molecule has 0 aliphatic heterocycles. The zero-order valence-electron chi connectivity index (χ0n) is 15.8. The van der Waals surface area contributed by atoms with E-state index in [2.05, 4.69) is 18.2 Å². The molecular formula is C23H28O4. The van der Waals surface area contributed by atoms with Gasteiger partial charge in [0.2, 0.25) is 0 Å². The number of ether oxygens (including phenoxy) is 3. The van der Waals surface area contributed by atoms with E-state index < -0.39 is 0 Å². The van der Waals surface area contributed by atoms with Gasteiger partial charge in [-0.3, -0.25) is 0 Å². The molecule has 1 saturated carbocycles. The van der Waals surface area contributed by atoms with Gasteiger partial charge < -0.3 is 19.3 Å². The molecule has 0 amide bonds. The van der Waals surface area contributed by atoms with Crippen LogP contribution in [0.4, 0.5) is 0 Å². The monoisotopic (exact) mass is 368 g/mol. The highest BCUT2D eigenvalue weighted by atomic mass is 16.5. The molecule has 4 nitrogen and oxygen atoms in total. The van der Waals surface area contributed by atoms with Crippen LogP contribution in [0.3, 0.4) is 0 Å². The third-order valence-electron chi connectivity index (χ3n) is 4.77. The van der Waals surface area contributed by atoms with E-state index in [9.17, 15) is 5.11 Å². The highest BCUT2D eigenvalue weighted by molar-refractivity contribution is 5.26. The van der Waals surface area contributed by atoms with Crippen LogP contribution in [-0.2, 0) is 22.7 Å². The van der Waals surface area contributed by atoms with Crippen LogP contribution >= 0.6 is 0 Å². The van der Waals surface area contributed by atoms with Crippen molar-refractivity contribution < 1.29 is 19.3 Å². The maximum Gasteiger partial charge on any atom is 0.118 e. The summed E-state index contributed by atoms with van der Waals surface area (Å²) in [5.41, 5.74) is 3.48. The van der Waals surface area contributed by atoms with Crippen LogP contribution in [-0.4, -0.2) is 31.0 Å². The van der Waals surface area contributed by atoms with E-state index in [4.69, 9.17) is 14.2 Å². The molecule has 144 valence electrons. The Labute approximate surface area is 161 Å². The van der Waals surface area contributed by atoms with Crippen molar-refractivity contribution in [3.8, 4) is 5.75 Å². The molecule has 1 fully saturated rings. The molecule has 0 heterocycles. The Morgan fingerprint density at radius 2 is 1.70 bits per heavy atom. The molecule has 1 aliphatic rings. The zero-order valence-corrected chi connectivity index (χ0v) is 15.8. The molecule has 0 radical (unpaired) electrons. The summed E-state index contributed by atoms with van der Waals surface area (Å²) in [5.74, 6) is 0.840. The van der Waals surface area contributed by atoms with Crippen LogP contribution in [0.25, 0.3) is 0 Å². The van der Waals surface area contributed by atoms with Crippen LogP contribution in [0.5, 0.6) is 5.75 Å². The van der Waals surface area contributed by atoms with Crippen LogP contribution < -0.4 is 4.74 Å². The van der Waals surface area contributed by atoms with Crippen molar-refractivity contribution in [1.29, 1.82) is 0 Å². The first kappa shape index (κ1) is 19.6. The summed E-state index contributed by atoms with van der Waals surface area (Å²) >= 11 is 0. The molecule has 3 rings (SSSR count). The minimum absolute atomic E-state index is 0.0382. The lowest BCUT2D eigenvalue weighted by atomic mass is 9.90. The van der Waals surface area contributed by atoms with Gasteiger partial charge in [-0.25, -0.2) is 0 Å². The number of rotatable bonds is 8. The molecular weight excluding hydrogens is 340 g/mol. The summed E-state index contributed by atoms with van der Waals surface area (Å²) in [5, 5.41) is 10.2. The molecule has 2 aromatic rings. The Bertz CT molecular complexity index is 709. The third kappa shape index (κ3) is 6.51. The predicted molar refractivity (Wildman–Crippen MR) is 106 cm³/mol. The lowest BCUT2D eigenvalue weighted by Gasteiger charge is -2.28. The van der Waals surface area contributed by atoms with Crippen molar-refractivity contribution in [3.05, 3.63) is 77.4 Å². The molecule has 1 aliphatic carbocycles. The highest BCUT2D eigenvalue weighted by Gasteiger charge is 2.24. The van der Waals surface area contributed by atoms with Gasteiger partial charge in [-0.1, -0.05) is 54.1 Å². The second-order valence-electron chi connectivity index (χ2n) is 6.94. The van der Waals surface area contributed by atoms with E-state index in [1.165, 1.54) is 11.1 Å². The molecule has 0 bridgehead atoms. The Balaban J connectivity index is 1.45. The zero-order chi connectivity index (χ0) is 18.9. The van der Waals surface area contributed by atoms with Gasteiger partial charge in [0.25, 0.3) is 0 Å². The molecule has 0 spiro atoms. The van der Waals surface area contributed by atoms with E-state index in [1.54, 1.807) is 7.11 Å². The maximum absolute atomic E-state index is 10.2. The number of aliphatic hydroxyl groups is 1. The number of aliphatic hydroxyl groups excluding tert-OH is 1. The fourth-order valence-corrected chi connectivity index (χ4v) is 3.31. The van der Waals surface area contributed by atoms with Crippen molar-refractivity contribution >= 4 is 0 Å². The van der Waals surface area contributed by atoms with Gasteiger partial charge in [-0.2, -0.15) is 0 Å². The Morgan fingerprint density at radius 1 is 0.963 bits per heavy atom. The normalized spacial score (nSPS) is 21.3. The van der Waals surface area contributed by atoms with E-state index in [1.807, 2.05) is 42.5 Å². The topological polar surface area (TPSA) is 47.9 Å². The molecule has 27 heavy (non-hydrogen) atoms. The minimum Gasteiger partial charge on any atom is -0.497 e. The Hall–Kier alpha value is -2.14. The molecule has 2 aromatic carbocycles. The smallest absolute Gasteiger partial charge is 0.118 e. The fourth-order valence-electron chi connectivity index (χ4n) is 3.31. The maximum atomic E-state index is 10.2. The van der Waals surface area contributed by atoms with Gasteiger partial charge in [-0.05, 0) is 36.1 Å². The summed E-state index contributed by atoms with van der Waals surface area (Å²) < 4.78 is 16.9. The van der Waals surface area contributed by atoms with Crippen LogP contribution in [0, 0.1) is 0 Å². The van der Waals surface area contributed by atoms with Gasteiger partial charge in [0.1, 0.15) is 5.75 Å². The van der Waals surface area contributed by atoms with E-state index in [0.717, 1.165) is 17.7 Å². The predicted octanol–water partition coefficient (Wildman–Crippen LogP) is 4.27. The van der Waals surface area contributed by atoms with E-state index >= 15 is 0 Å². The van der Waals surface area contributed by atoms with Crippen molar-refractivity contribution in [2.75, 3.05) is 13.7 Å². The lowest BCUT2D eigenvalue weighted by Crippen LogP contribution is -2.27. The van der Waals surface area contributed by atoms with Crippen molar-refractivity contribution in [3.63, 3.8) is 0 Å². The summed E-state index contributed by atoms with van der Waals surface area (Å²) in [6, 6.07) is 18.0. The molecule has 1 N–H and O–H groups in total. The Morgan fingerprint density at radius 3 is 2.44 bits per heavy atom. The van der Waals surface area contributed by atoms with Crippen LogP contribution in [0.2, 0.25) is 0 Å². The average molecular weight is 368 g/mol. The molecule has 0 unspecified atom stereocenters. The summed E-state index contributed by atoms with van der Waals surface area (Å²) in [6.07, 6.45) is 4.02. The lowest BCUT2D eigenvalue weighted by molar-refractivity contribution is -0.00906. The summed E-state index contributed by atoms with van der Waals surface area (Å²) in [7, 11) is 1.66. The number of hydrogen-bond donors (Lipinski definition) is 1. The van der Waals surface area contributed by atoms with Crippen molar-refractivity contribution in [1.82, 2.24) is 0 Å². The average Bonchev–Trinajstić information content (AvgIpc) is 2.70. The number of benzene rings is 2. The summed E-state index contributed by atoms with van der Waals surface area (Å²) in [4.78, 5) is 0.